The standard InChI is InChI=1S/C20H44N.C3H6O2/c1-17(2)9-13-21(14-10-18(3)4,15-11-19(5)6)16-12-20(7)8;1-2-3(4)5/h17-20H,9-16H2,1-8H3;2H2,1H3,(H,4,5)/q+1;/p-1. The molecule has 0 heterocycles. The number of hydrogen-bond acceptors (Lipinski definition) is 2. The molecule has 0 unspecified atom stereocenters. The van der Waals surface area contributed by atoms with Crippen LogP contribution in [0.1, 0.15) is 94.4 Å². The van der Waals surface area contributed by atoms with Gasteiger partial charge in [0.05, 0.1) is 26.2 Å². The third-order valence-corrected chi connectivity index (χ3v) is 5.01. The van der Waals surface area contributed by atoms with Crippen molar-refractivity contribution in [2.45, 2.75) is 94.4 Å². The van der Waals surface area contributed by atoms with Crippen molar-refractivity contribution in [3.63, 3.8) is 0 Å². The predicted octanol–water partition coefficient (Wildman–Crippen LogP) is 5.13. The number of hydrogen-bond donors (Lipinski definition) is 0. The van der Waals surface area contributed by atoms with Gasteiger partial charge in [-0.25, -0.2) is 0 Å². The van der Waals surface area contributed by atoms with Gasteiger partial charge in [0, 0.05) is 5.97 Å². The summed E-state index contributed by atoms with van der Waals surface area (Å²) in [6.07, 6.45) is 5.64. The first-order chi connectivity index (χ1) is 11.9. The minimum Gasteiger partial charge on any atom is -0.550 e. The second kappa shape index (κ2) is 15.5. The number of nitrogens with zero attached hydrogens (tertiary/aromatic N) is 1. The van der Waals surface area contributed by atoms with Crippen LogP contribution in [0.3, 0.4) is 0 Å². The molecule has 158 valence electrons. The van der Waals surface area contributed by atoms with Crippen molar-refractivity contribution in [2.24, 2.45) is 23.7 Å². The fourth-order valence-corrected chi connectivity index (χ4v) is 2.80. The van der Waals surface area contributed by atoms with E-state index in [1.165, 1.54) is 63.3 Å². The van der Waals surface area contributed by atoms with E-state index in [1.54, 1.807) is 0 Å². The summed E-state index contributed by atoms with van der Waals surface area (Å²) >= 11 is 0. The minimum absolute atomic E-state index is 0.111. The number of aliphatic carboxylic acids is 1. The molecule has 0 aliphatic rings. The van der Waals surface area contributed by atoms with Crippen LogP contribution in [0.5, 0.6) is 0 Å². The molecule has 0 bridgehead atoms. The van der Waals surface area contributed by atoms with Crippen LogP contribution < -0.4 is 5.11 Å². The molecule has 3 nitrogen and oxygen atoms in total. The molecule has 0 rings (SSSR count). The minimum atomic E-state index is -0.995. The summed E-state index contributed by atoms with van der Waals surface area (Å²) in [7, 11) is 0. The number of carboxylic acids is 1. The largest absolute Gasteiger partial charge is 0.550 e. The Kier molecular flexibility index (Phi) is 16.5. The first-order valence-corrected chi connectivity index (χ1v) is 11.0. The third-order valence-electron chi connectivity index (χ3n) is 5.01. The first-order valence-electron chi connectivity index (χ1n) is 11.0. The SMILES string of the molecule is CC(C)CC[N+](CCC(C)C)(CCC(C)C)CCC(C)C.CCC(=O)[O-]. The maximum Gasteiger partial charge on any atom is 0.0789 e. The maximum absolute atomic E-state index is 9.26. The van der Waals surface area contributed by atoms with Crippen LogP contribution in [0.25, 0.3) is 0 Å². The lowest BCUT2D eigenvalue weighted by Crippen LogP contribution is -2.52. The van der Waals surface area contributed by atoms with Gasteiger partial charge in [-0.2, -0.15) is 0 Å². The summed E-state index contributed by atoms with van der Waals surface area (Å²) in [6.45, 7) is 26.1. The Labute approximate surface area is 165 Å². The van der Waals surface area contributed by atoms with Crippen LogP contribution in [0.4, 0.5) is 0 Å². The Morgan fingerprint density at radius 1 is 0.654 bits per heavy atom. The van der Waals surface area contributed by atoms with Crippen molar-refractivity contribution in [3.8, 4) is 0 Å². The van der Waals surface area contributed by atoms with Gasteiger partial charge in [-0.3, -0.25) is 0 Å². The molecule has 0 fully saturated rings. The van der Waals surface area contributed by atoms with Crippen LogP contribution in [0.15, 0.2) is 0 Å². The predicted molar refractivity (Wildman–Crippen MR) is 113 cm³/mol. The number of carbonyl (C=O) groups is 1. The highest BCUT2D eigenvalue weighted by molar-refractivity contribution is 5.63. The summed E-state index contributed by atoms with van der Waals surface area (Å²) in [5, 5.41) is 9.26. The number of quaternary nitrogens is 1. The molecular weight excluding hydrogens is 322 g/mol. The average molecular weight is 372 g/mol. The molecule has 0 aromatic carbocycles. The molecule has 0 N–H and O–H groups in total. The molecule has 0 saturated carbocycles. The molecule has 0 saturated heterocycles. The highest BCUT2D eigenvalue weighted by Gasteiger charge is 2.27. The molecule has 0 atom stereocenters. The monoisotopic (exact) mass is 371 g/mol. The summed E-state index contributed by atoms with van der Waals surface area (Å²) in [5.41, 5.74) is 0. The van der Waals surface area contributed by atoms with E-state index >= 15 is 0 Å². The van der Waals surface area contributed by atoms with Gasteiger partial charge in [-0.05, 0) is 55.8 Å². The number of carboxylic acid groups (broad SMARTS) is 1. The summed E-state index contributed by atoms with van der Waals surface area (Å²) in [6, 6.07) is 0. The van der Waals surface area contributed by atoms with E-state index in [4.69, 9.17) is 0 Å². The fraction of sp³-hybridized carbons (Fsp3) is 0.957. The van der Waals surface area contributed by atoms with Crippen LogP contribution in [0, 0.1) is 23.7 Å². The van der Waals surface area contributed by atoms with E-state index in [9.17, 15) is 9.90 Å². The van der Waals surface area contributed by atoms with Gasteiger partial charge in [-0.1, -0.05) is 62.3 Å². The van der Waals surface area contributed by atoms with Crippen LogP contribution >= 0.6 is 0 Å². The third kappa shape index (κ3) is 18.2. The molecule has 0 radical (unpaired) electrons. The summed E-state index contributed by atoms with van der Waals surface area (Å²) in [4.78, 5) is 9.26. The maximum atomic E-state index is 9.26. The molecule has 0 aromatic heterocycles. The van der Waals surface area contributed by atoms with Gasteiger partial charge in [0.15, 0.2) is 0 Å². The number of rotatable bonds is 13. The zero-order valence-electron chi connectivity index (χ0n) is 19.4. The average Bonchev–Trinajstić information content (AvgIpc) is 2.53. The smallest absolute Gasteiger partial charge is 0.0789 e. The van der Waals surface area contributed by atoms with Crippen LogP contribution in [0.2, 0.25) is 0 Å². The summed E-state index contributed by atoms with van der Waals surface area (Å²) < 4.78 is 1.38. The van der Waals surface area contributed by atoms with E-state index in [-0.39, 0.29) is 6.42 Å². The Bertz CT molecular complexity index is 282. The van der Waals surface area contributed by atoms with Crippen molar-refractivity contribution >= 4 is 5.97 Å². The lowest BCUT2D eigenvalue weighted by Gasteiger charge is -2.41. The van der Waals surface area contributed by atoms with Gasteiger partial charge >= 0.3 is 0 Å². The molecule has 0 aromatic rings. The van der Waals surface area contributed by atoms with Gasteiger partial charge in [0.25, 0.3) is 0 Å². The lowest BCUT2D eigenvalue weighted by atomic mass is 10.0. The van der Waals surface area contributed by atoms with Crippen molar-refractivity contribution in [2.75, 3.05) is 26.2 Å². The van der Waals surface area contributed by atoms with Crippen molar-refractivity contribution in [3.05, 3.63) is 0 Å². The fourth-order valence-electron chi connectivity index (χ4n) is 2.80. The van der Waals surface area contributed by atoms with Crippen molar-refractivity contribution in [1.82, 2.24) is 0 Å². The van der Waals surface area contributed by atoms with Crippen molar-refractivity contribution < 1.29 is 14.4 Å². The zero-order chi connectivity index (χ0) is 20.8. The lowest BCUT2D eigenvalue weighted by molar-refractivity contribution is -0.930. The topological polar surface area (TPSA) is 40.1 Å². The van der Waals surface area contributed by atoms with E-state index in [1.807, 2.05) is 0 Å². The highest BCUT2D eigenvalue weighted by atomic mass is 16.4. The van der Waals surface area contributed by atoms with Crippen molar-refractivity contribution in [1.29, 1.82) is 0 Å². The highest BCUT2D eigenvalue weighted by Crippen LogP contribution is 2.21. The number of carbonyl (C=O) groups excluding carboxylic acids is 1. The second-order valence-electron chi connectivity index (χ2n) is 9.69. The Balaban J connectivity index is 0. The molecular formula is C23H49NO2. The second-order valence-corrected chi connectivity index (χ2v) is 9.69. The molecule has 26 heavy (non-hydrogen) atoms. The van der Waals surface area contributed by atoms with Crippen LogP contribution in [-0.4, -0.2) is 36.6 Å². The van der Waals surface area contributed by atoms with Gasteiger partial charge < -0.3 is 14.4 Å². The van der Waals surface area contributed by atoms with E-state index < -0.39 is 5.97 Å². The quantitative estimate of drug-likeness (QED) is 0.421. The molecule has 0 amide bonds. The molecule has 0 aliphatic carbocycles. The Morgan fingerprint density at radius 2 is 0.846 bits per heavy atom. The first kappa shape index (κ1) is 27.6. The van der Waals surface area contributed by atoms with Gasteiger partial charge in [0.2, 0.25) is 0 Å². The molecule has 0 spiro atoms. The van der Waals surface area contributed by atoms with Crippen LogP contribution in [-0.2, 0) is 4.79 Å². The normalized spacial score (nSPS) is 12.0. The van der Waals surface area contributed by atoms with E-state index in [0.717, 1.165) is 23.7 Å². The zero-order valence-corrected chi connectivity index (χ0v) is 19.4. The Hall–Kier alpha value is -0.570. The molecule has 3 heteroatoms. The Morgan fingerprint density at radius 3 is 0.962 bits per heavy atom. The summed E-state index contributed by atoms with van der Waals surface area (Å²) in [5.74, 6) is 2.34. The van der Waals surface area contributed by atoms with E-state index in [0.29, 0.717) is 0 Å². The van der Waals surface area contributed by atoms with Gasteiger partial charge in [-0.15, -0.1) is 0 Å². The van der Waals surface area contributed by atoms with E-state index in [2.05, 4.69) is 55.4 Å². The molecule has 0 aliphatic heterocycles. The van der Waals surface area contributed by atoms with Gasteiger partial charge in [0.1, 0.15) is 0 Å².